The Hall–Kier alpha value is -1.74. The molecule has 3 nitrogen and oxygen atoms in total. The van der Waals surface area contributed by atoms with Crippen LogP contribution in [0.5, 0.6) is 0 Å². The van der Waals surface area contributed by atoms with Crippen molar-refractivity contribution in [1.29, 1.82) is 0 Å². The molecule has 1 aliphatic heterocycles. The molecule has 0 saturated carbocycles. The summed E-state index contributed by atoms with van der Waals surface area (Å²) in [6.07, 6.45) is 12.8. The van der Waals surface area contributed by atoms with Gasteiger partial charge in [-0.15, -0.1) is 0 Å². The zero-order valence-corrected chi connectivity index (χ0v) is 11.8. The fourth-order valence-electron chi connectivity index (χ4n) is 3.05. The number of pyridine rings is 2. The molecule has 0 N–H and O–H groups in total. The van der Waals surface area contributed by atoms with Gasteiger partial charge in [0.1, 0.15) is 0 Å². The summed E-state index contributed by atoms with van der Waals surface area (Å²) in [5.74, 6) is 0. The van der Waals surface area contributed by atoms with Crippen LogP contribution in [0.2, 0.25) is 0 Å². The number of hydrogen-bond donors (Lipinski definition) is 0. The molecule has 0 bridgehead atoms. The van der Waals surface area contributed by atoms with E-state index >= 15 is 0 Å². The molecule has 3 rings (SSSR count). The predicted molar refractivity (Wildman–Crippen MR) is 80.1 cm³/mol. The van der Waals surface area contributed by atoms with Crippen molar-refractivity contribution in [2.24, 2.45) is 0 Å². The molecule has 1 saturated heterocycles. The third kappa shape index (κ3) is 3.23. The van der Waals surface area contributed by atoms with Crippen molar-refractivity contribution in [1.82, 2.24) is 14.9 Å². The van der Waals surface area contributed by atoms with Crippen LogP contribution in [-0.4, -0.2) is 21.4 Å². The van der Waals surface area contributed by atoms with E-state index in [1.54, 1.807) is 0 Å². The van der Waals surface area contributed by atoms with Crippen LogP contribution in [0.1, 0.15) is 42.9 Å². The van der Waals surface area contributed by atoms with Gasteiger partial charge >= 0.3 is 0 Å². The van der Waals surface area contributed by atoms with Crippen LogP contribution in [0.3, 0.4) is 0 Å². The molecule has 0 amide bonds. The topological polar surface area (TPSA) is 29.0 Å². The Labute approximate surface area is 120 Å². The van der Waals surface area contributed by atoms with Crippen LogP contribution in [-0.2, 0) is 6.54 Å². The highest BCUT2D eigenvalue weighted by atomic mass is 15.2. The normalized spacial score (nSPS) is 20.5. The summed E-state index contributed by atoms with van der Waals surface area (Å²) < 4.78 is 0. The minimum atomic E-state index is 0.515. The Kier molecular flexibility index (Phi) is 4.38. The summed E-state index contributed by atoms with van der Waals surface area (Å²) >= 11 is 0. The lowest BCUT2D eigenvalue weighted by molar-refractivity contribution is 0.192. The quantitative estimate of drug-likeness (QED) is 0.851. The van der Waals surface area contributed by atoms with Crippen LogP contribution < -0.4 is 0 Å². The average Bonchev–Trinajstić information content (AvgIpc) is 2.75. The van der Waals surface area contributed by atoms with Crippen LogP contribution in [0.25, 0.3) is 0 Å². The van der Waals surface area contributed by atoms with Crippen molar-refractivity contribution in [3.05, 3.63) is 60.2 Å². The molecule has 1 atom stereocenters. The molecule has 2 aromatic rings. The predicted octanol–water partition coefficient (Wildman–Crippen LogP) is 3.59. The van der Waals surface area contributed by atoms with E-state index < -0.39 is 0 Å². The number of hydrogen-bond acceptors (Lipinski definition) is 3. The number of aromatic nitrogens is 2. The third-order valence-electron chi connectivity index (χ3n) is 4.06. The summed E-state index contributed by atoms with van der Waals surface area (Å²) in [7, 11) is 0. The highest BCUT2D eigenvalue weighted by Gasteiger charge is 2.22. The Morgan fingerprint density at radius 1 is 1.00 bits per heavy atom. The Bertz CT molecular complexity index is 512. The summed E-state index contributed by atoms with van der Waals surface area (Å²) in [4.78, 5) is 11.0. The second-order valence-corrected chi connectivity index (χ2v) is 5.48. The summed E-state index contributed by atoms with van der Waals surface area (Å²) in [5, 5.41) is 0. The van der Waals surface area contributed by atoms with Gasteiger partial charge in [-0.2, -0.15) is 0 Å². The number of nitrogens with zero attached hydrogens (tertiary/aromatic N) is 3. The first-order chi connectivity index (χ1) is 9.93. The van der Waals surface area contributed by atoms with Gasteiger partial charge in [0, 0.05) is 37.4 Å². The van der Waals surface area contributed by atoms with Crippen molar-refractivity contribution < 1.29 is 0 Å². The lowest BCUT2D eigenvalue weighted by Crippen LogP contribution is -2.28. The monoisotopic (exact) mass is 267 g/mol. The second kappa shape index (κ2) is 6.62. The number of rotatable bonds is 3. The van der Waals surface area contributed by atoms with E-state index in [2.05, 4.69) is 33.1 Å². The van der Waals surface area contributed by atoms with Crippen molar-refractivity contribution in [2.75, 3.05) is 6.54 Å². The van der Waals surface area contributed by atoms with E-state index in [9.17, 15) is 0 Å². The van der Waals surface area contributed by atoms with Gasteiger partial charge < -0.3 is 0 Å². The molecular formula is C17H21N3. The van der Waals surface area contributed by atoms with Crippen molar-refractivity contribution >= 4 is 0 Å². The van der Waals surface area contributed by atoms with Crippen molar-refractivity contribution in [2.45, 2.75) is 38.3 Å². The molecule has 3 heterocycles. The molecule has 104 valence electrons. The van der Waals surface area contributed by atoms with E-state index in [0.29, 0.717) is 6.04 Å². The molecule has 20 heavy (non-hydrogen) atoms. The van der Waals surface area contributed by atoms with E-state index in [-0.39, 0.29) is 0 Å². The van der Waals surface area contributed by atoms with Gasteiger partial charge in [0.25, 0.3) is 0 Å². The van der Waals surface area contributed by atoms with Crippen molar-refractivity contribution in [3.63, 3.8) is 0 Å². The largest absolute Gasteiger partial charge is 0.292 e. The SMILES string of the molecule is c1cncc(CN2CCCCC[C@@H]2c2ccncc2)c1. The maximum absolute atomic E-state index is 4.23. The first kappa shape index (κ1) is 13.3. The Morgan fingerprint density at radius 2 is 1.90 bits per heavy atom. The van der Waals surface area contributed by atoms with Gasteiger partial charge in [-0.3, -0.25) is 14.9 Å². The molecule has 0 unspecified atom stereocenters. The molecular weight excluding hydrogens is 246 g/mol. The van der Waals surface area contributed by atoms with Gasteiger partial charge in [0.15, 0.2) is 0 Å². The molecule has 0 aromatic carbocycles. The highest BCUT2D eigenvalue weighted by molar-refractivity contribution is 5.17. The van der Waals surface area contributed by atoms with E-state index in [4.69, 9.17) is 0 Å². The standard InChI is InChI=1S/C17H21N3/c1-2-6-17(16-7-10-18-11-8-16)20(12-3-1)14-15-5-4-9-19-13-15/h4-5,7-11,13,17H,1-3,6,12,14H2/t17-/m1/s1. The fraction of sp³-hybridized carbons (Fsp3) is 0.412. The summed E-state index contributed by atoms with van der Waals surface area (Å²) in [5.41, 5.74) is 2.69. The number of likely N-dealkylation sites (tertiary alicyclic amines) is 1. The van der Waals surface area contributed by atoms with Crippen LogP contribution in [0.15, 0.2) is 49.1 Å². The Morgan fingerprint density at radius 3 is 2.70 bits per heavy atom. The molecule has 1 fully saturated rings. The molecule has 0 spiro atoms. The first-order valence-corrected chi connectivity index (χ1v) is 7.46. The fourth-order valence-corrected chi connectivity index (χ4v) is 3.05. The summed E-state index contributed by atoms with van der Waals surface area (Å²) in [6, 6.07) is 9.02. The third-order valence-corrected chi connectivity index (χ3v) is 4.06. The minimum absolute atomic E-state index is 0.515. The summed E-state index contributed by atoms with van der Waals surface area (Å²) in [6.45, 7) is 2.16. The van der Waals surface area contributed by atoms with Crippen LogP contribution in [0.4, 0.5) is 0 Å². The maximum Gasteiger partial charge on any atom is 0.0352 e. The molecule has 1 aliphatic rings. The average molecular weight is 267 g/mol. The van der Waals surface area contributed by atoms with Crippen LogP contribution in [0, 0.1) is 0 Å². The lowest BCUT2D eigenvalue weighted by Gasteiger charge is -2.30. The molecule has 2 aromatic heterocycles. The highest BCUT2D eigenvalue weighted by Crippen LogP contribution is 2.30. The van der Waals surface area contributed by atoms with Gasteiger partial charge in [-0.1, -0.05) is 18.9 Å². The van der Waals surface area contributed by atoms with Gasteiger partial charge in [0.2, 0.25) is 0 Å². The van der Waals surface area contributed by atoms with Gasteiger partial charge in [0.05, 0.1) is 0 Å². The maximum atomic E-state index is 4.23. The van der Waals surface area contributed by atoms with Crippen LogP contribution >= 0.6 is 0 Å². The zero-order valence-electron chi connectivity index (χ0n) is 11.8. The zero-order chi connectivity index (χ0) is 13.6. The first-order valence-electron chi connectivity index (χ1n) is 7.46. The molecule has 0 radical (unpaired) electrons. The lowest BCUT2D eigenvalue weighted by atomic mass is 10.0. The van der Waals surface area contributed by atoms with E-state index in [0.717, 1.165) is 6.54 Å². The van der Waals surface area contributed by atoms with E-state index in [1.807, 2.05) is 30.9 Å². The minimum Gasteiger partial charge on any atom is -0.292 e. The van der Waals surface area contributed by atoms with Crippen molar-refractivity contribution in [3.8, 4) is 0 Å². The van der Waals surface area contributed by atoms with Gasteiger partial charge in [-0.05, 0) is 48.7 Å². The molecule has 3 heteroatoms. The molecule has 0 aliphatic carbocycles. The van der Waals surface area contributed by atoms with Gasteiger partial charge in [-0.25, -0.2) is 0 Å². The van der Waals surface area contributed by atoms with E-state index in [1.165, 1.54) is 43.4 Å². The Balaban J connectivity index is 1.81. The smallest absolute Gasteiger partial charge is 0.0352 e. The second-order valence-electron chi connectivity index (χ2n) is 5.48.